The molecule has 1 aromatic carbocycles. The highest BCUT2D eigenvalue weighted by Crippen LogP contribution is 2.34. The number of aromatic nitrogens is 3. The van der Waals surface area contributed by atoms with Crippen LogP contribution in [0.2, 0.25) is 0 Å². The third-order valence-electron chi connectivity index (χ3n) is 3.82. The Labute approximate surface area is 151 Å². The molecule has 0 aliphatic heterocycles. The molecule has 0 fully saturated rings. The van der Waals surface area contributed by atoms with Crippen LogP contribution in [0.5, 0.6) is 5.75 Å². The van der Waals surface area contributed by atoms with Crippen molar-refractivity contribution in [1.29, 1.82) is 0 Å². The molecule has 4 rings (SSSR count). The molecular formula is C17H13N5O3S. The second-order valence-corrected chi connectivity index (χ2v) is 6.23. The van der Waals surface area contributed by atoms with Crippen molar-refractivity contribution in [3.05, 3.63) is 64.3 Å². The van der Waals surface area contributed by atoms with Gasteiger partial charge in [-0.15, -0.1) is 11.3 Å². The summed E-state index contributed by atoms with van der Waals surface area (Å²) in [4.78, 5) is 19.5. The minimum atomic E-state index is -0.448. The van der Waals surface area contributed by atoms with E-state index in [2.05, 4.69) is 15.3 Å². The Bertz CT molecular complexity index is 1100. The van der Waals surface area contributed by atoms with Crippen LogP contribution in [0, 0.1) is 10.1 Å². The molecule has 0 atom stereocenters. The number of nitro benzene ring substituents is 1. The van der Waals surface area contributed by atoms with Crippen LogP contribution in [0.15, 0.2) is 54.2 Å². The van der Waals surface area contributed by atoms with Gasteiger partial charge in [-0.1, -0.05) is 6.07 Å². The Hall–Kier alpha value is -3.46. The lowest BCUT2D eigenvalue weighted by molar-refractivity contribution is -0.384. The van der Waals surface area contributed by atoms with Crippen LogP contribution < -0.4 is 10.1 Å². The molecule has 130 valence electrons. The van der Waals surface area contributed by atoms with Gasteiger partial charge in [0, 0.05) is 23.7 Å². The SMILES string of the molecule is COc1ccc([N+](=O)[O-])cc1Nc1nc(-c2cnc3ccccn23)cs1. The van der Waals surface area contributed by atoms with Crippen molar-refractivity contribution in [3.63, 3.8) is 0 Å². The molecule has 0 saturated heterocycles. The third-order valence-corrected chi connectivity index (χ3v) is 4.58. The number of hydrogen-bond donors (Lipinski definition) is 1. The smallest absolute Gasteiger partial charge is 0.271 e. The minimum absolute atomic E-state index is 0.0214. The summed E-state index contributed by atoms with van der Waals surface area (Å²) in [6.45, 7) is 0. The number of hydrogen-bond acceptors (Lipinski definition) is 7. The van der Waals surface area contributed by atoms with Crippen molar-refractivity contribution >= 4 is 33.5 Å². The van der Waals surface area contributed by atoms with E-state index >= 15 is 0 Å². The zero-order valence-electron chi connectivity index (χ0n) is 13.6. The monoisotopic (exact) mass is 367 g/mol. The van der Waals surface area contributed by atoms with Gasteiger partial charge in [0.1, 0.15) is 17.1 Å². The predicted octanol–water partition coefficient (Wildman–Crippen LogP) is 4.12. The van der Waals surface area contributed by atoms with Crippen molar-refractivity contribution in [3.8, 4) is 17.1 Å². The number of benzene rings is 1. The number of nitrogens with zero attached hydrogens (tertiary/aromatic N) is 4. The summed E-state index contributed by atoms with van der Waals surface area (Å²) in [5, 5.41) is 16.6. The molecule has 9 heteroatoms. The van der Waals surface area contributed by atoms with Crippen molar-refractivity contribution in [2.45, 2.75) is 0 Å². The summed E-state index contributed by atoms with van der Waals surface area (Å²) >= 11 is 1.40. The number of fused-ring (bicyclic) bond motifs is 1. The number of ether oxygens (including phenoxy) is 1. The van der Waals surface area contributed by atoms with Crippen LogP contribution in [-0.2, 0) is 0 Å². The quantitative estimate of drug-likeness (QED) is 0.421. The fraction of sp³-hybridized carbons (Fsp3) is 0.0588. The molecule has 0 aliphatic carbocycles. The van der Waals surface area contributed by atoms with Crippen molar-refractivity contribution in [1.82, 2.24) is 14.4 Å². The highest BCUT2D eigenvalue weighted by atomic mass is 32.1. The number of nitro groups is 1. The normalized spacial score (nSPS) is 10.8. The van der Waals surface area contributed by atoms with Gasteiger partial charge in [-0.3, -0.25) is 14.5 Å². The van der Waals surface area contributed by atoms with E-state index in [1.165, 1.54) is 30.6 Å². The third kappa shape index (κ3) is 2.84. The topological polar surface area (TPSA) is 94.6 Å². The van der Waals surface area contributed by atoms with Gasteiger partial charge in [0.15, 0.2) is 5.13 Å². The average molecular weight is 367 g/mol. The molecule has 0 saturated carbocycles. The van der Waals surface area contributed by atoms with Gasteiger partial charge in [-0.25, -0.2) is 9.97 Å². The Morgan fingerprint density at radius 3 is 3.00 bits per heavy atom. The maximum absolute atomic E-state index is 11.0. The van der Waals surface area contributed by atoms with Crippen LogP contribution in [0.25, 0.3) is 17.0 Å². The van der Waals surface area contributed by atoms with Crippen molar-refractivity contribution in [2.75, 3.05) is 12.4 Å². The van der Waals surface area contributed by atoms with E-state index in [4.69, 9.17) is 4.74 Å². The van der Waals surface area contributed by atoms with Crippen LogP contribution in [0.3, 0.4) is 0 Å². The molecule has 1 N–H and O–H groups in total. The Morgan fingerprint density at radius 1 is 1.31 bits per heavy atom. The molecule has 26 heavy (non-hydrogen) atoms. The summed E-state index contributed by atoms with van der Waals surface area (Å²) in [6.07, 6.45) is 3.69. The first-order valence-electron chi connectivity index (χ1n) is 7.63. The van der Waals surface area contributed by atoms with Gasteiger partial charge in [0.25, 0.3) is 5.69 Å². The zero-order chi connectivity index (χ0) is 18.1. The van der Waals surface area contributed by atoms with Gasteiger partial charge in [0.2, 0.25) is 0 Å². The highest BCUT2D eigenvalue weighted by Gasteiger charge is 2.14. The molecule has 4 aromatic rings. The minimum Gasteiger partial charge on any atom is -0.495 e. The van der Waals surface area contributed by atoms with Crippen molar-refractivity contribution in [2.24, 2.45) is 0 Å². The number of rotatable bonds is 5. The lowest BCUT2D eigenvalue weighted by Crippen LogP contribution is -1.96. The number of imidazole rings is 1. The molecule has 8 nitrogen and oxygen atoms in total. The highest BCUT2D eigenvalue weighted by molar-refractivity contribution is 7.14. The van der Waals surface area contributed by atoms with Gasteiger partial charge in [0.05, 0.1) is 29.6 Å². The second kappa shape index (κ2) is 6.45. The maximum atomic E-state index is 11.0. The summed E-state index contributed by atoms with van der Waals surface area (Å²) in [5.41, 5.74) is 2.94. The molecule has 3 heterocycles. The molecule has 3 aromatic heterocycles. The first-order valence-corrected chi connectivity index (χ1v) is 8.51. The largest absolute Gasteiger partial charge is 0.495 e. The number of non-ortho nitro benzene ring substituents is 1. The van der Waals surface area contributed by atoms with Gasteiger partial charge >= 0.3 is 0 Å². The lowest BCUT2D eigenvalue weighted by atomic mass is 10.2. The van der Waals surface area contributed by atoms with E-state index in [0.29, 0.717) is 16.6 Å². The van der Waals surface area contributed by atoms with Gasteiger partial charge in [-0.2, -0.15) is 0 Å². The van der Waals surface area contributed by atoms with Crippen LogP contribution >= 0.6 is 11.3 Å². The summed E-state index contributed by atoms with van der Waals surface area (Å²) in [7, 11) is 1.51. The predicted molar refractivity (Wildman–Crippen MR) is 99.2 cm³/mol. The molecule has 0 radical (unpaired) electrons. The fourth-order valence-electron chi connectivity index (χ4n) is 2.59. The Morgan fingerprint density at radius 2 is 2.19 bits per heavy atom. The molecule has 0 spiro atoms. The summed E-state index contributed by atoms with van der Waals surface area (Å²) in [5.74, 6) is 0.502. The van der Waals surface area contributed by atoms with E-state index < -0.39 is 4.92 Å². The number of nitrogens with one attached hydrogen (secondary N) is 1. The molecular weight excluding hydrogens is 354 g/mol. The molecule has 0 unspecified atom stereocenters. The van der Waals surface area contributed by atoms with E-state index in [-0.39, 0.29) is 5.69 Å². The molecule has 0 aliphatic rings. The lowest BCUT2D eigenvalue weighted by Gasteiger charge is -2.08. The maximum Gasteiger partial charge on any atom is 0.271 e. The van der Waals surface area contributed by atoms with Crippen LogP contribution in [-0.4, -0.2) is 26.4 Å². The Kier molecular flexibility index (Phi) is 3.98. The average Bonchev–Trinajstić information content (AvgIpc) is 3.28. The first kappa shape index (κ1) is 16.0. The number of methoxy groups -OCH3 is 1. The first-order chi connectivity index (χ1) is 12.7. The van der Waals surface area contributed by atoms with E-state index in [1.54, 1.807) is 12.3 Å². The van der Waals surface area contributed by atoms with Gasteiger partial charge < -0.3 is 10.1 Å². The zero-order valence-corrected chi connectivity index (χ0v) is 14.4. The number of anilines is 2. The van der Waals surface area contributed by atoms with Crippen LogP contribution in [0.1, 0.15) is 0 Å². The summed E-state index contributed by atoms with van der Waals surface area (Å²) in [6, 6.07) is 10.2. The Balaban J connectivity index is 1.67. The van der Waals surface area contributed by atoms with E-state index in [0.717, 1.165) is 17.0 Å². The van der Waals surface area contributed by atoms with Crippen molar-refractivity contribution < 1.29 is 9.66 Å². The number of thiazole rings is 1. The second-order valence-electron chi connectivity index (χ2n) is 5.38. The molecule has 0 bridgehead atoms. The fourth-order valence-corrected chi connectivity index (χ4v) is 3.31. The van der Waals surface area contributed by atoms with E-state index in [9.17, 15) is 10.1 Å². The van der Waals surface area contributed by atoms with Crippen LogP contribution in [0.4, 0.5) is 16.5 Å². The summed E-state index contributed by atoms with van der Waals surface area (Å²) < 4.78 is 7.22. The van der Waals surface area contributed by atoms with Gasteiger partial charge in [-0.05, 0) is 18.2 Å². The standard InChI is InChI=1S/C17H13N5O3S/c1-25-15-6-5-11(22(23)24)8-12(15)19-17-20-13(10-26-17)14-9-18-16-4-2-3-7-21(14)16/h2-10H,1H3,(H,19,20). The molecule has 0 amide bonds. The number of pyridine rings is 1. The van der Waals surface area contributed by atoms with E-state index in [1.807, 2.05) is 34.2 Å².